The zero-order chi connectivity index (χ0) is 22.1. The van der Waals surface area contributed by atoms with Gasteiger partial charge in [-0.15, -0.1) is 0 Å². The highest BCUT2D eigenvalue weighted by Crippen LogP contribution is 2.26. The molecule has 0 aliphatic carbocycles. The second-order valence-corrected chi connectivity index (χ2v) is 6.87. The number of oxazole rings is 1. The van der Waals surface area contributed by atoms with E-state index < -0.39 is 5.91 Å². The quantitative estimate of drug-likeness (QED) is 0.433. The molecule has 0 bridgehead atoms. The van der Waals surface area contributed by atoms with Crippen molar-refractivity contribution in [3.8, 4) is 0 Å². The van der Waals surface area contributed by atoms with Crippen molar-refractivity contribution in [2.75, 3.05) is 44.8 Å². The van der Waals surface area contributed by atoms with E-state index in [1.807, 2.05) is 19.0 Å². The summed E-state index contributed by atoms with van der Waals surface area (Å²) in [6.07, 6.45) is 3.98. The Bertz CT molecular complexity index is 953. The number of hydrogen-bond donors (Lipinski definition) is 4. The highest BCUT2D eigenvalue weighted by atomic mass is 35.5. The van der Waals surface area contributed by atoms with Crippen molar-refractivity contribution in [3.63, 3.8) is 0 Å². The van der Waals surface area contributed by atoms with E-state index in [9.17, 15) is 9.59 Å². The Kier molecular flexibility index (Phi) is 8.39. The Labute approximate surface area is 179 Å². The Morgan fingerprint density at radius 3 is 2.77 bits per heavy atom. The van der Waals surface area contributed by atoms with Crippen LogP contribution < -0.4 is 22.1 Å². The summed E-state index contributed by atoms with van der Waals surface area (Å²) in [6.45, 7) is 1.25. The number of nitrogens with zero attached hydrogens (tertiary/aromatic N) is 3. The van der Waals surface area contributed by atoms with Crippen LogP contribution in [0.3, 0.4) is 0 Å². The van der Waals surface area contributed by atoms with Crippen molar-refractivity contribution in [3.05, 3.63) is 46.9 Å². The van der Waals surface area contributed by atoms with Gasteiger partial charge < -0.3 is 31.4 Å². The average molecular weight is 434 g/mol. The molecular formula is C19H24ClN7O3. The summed E-state index contributed by atoms with van der Waals surface area (Å²) in [5, 5.41) is 5.72. The first-order chi connectivity index (χ1) is 14.3. The second-order valence-electron chi connectivity index (χ2n) is 6.46. The van der Waals surface area contributed by atoms with Gasteiger partial charge in [0.05, 0.1) is 10.7 Å². The topological polar surface area (TPSA) is 152 Å². The molecule has 0 saturated carbocycles. The number of likely N-dealkylation sites (N-methyl/N-ethyl adjacent to an activating group) is 1. The number of aliphatic imine (C=N–C) groups is 1. The van der Waals surface area contributed by atoms with E-state index in [4.69, 9.17) is 27.5 Å². The Hall–Kier alpha value is -3.37. The fourth-order valence-electron chi connectivity index (χ4n) is 2.29. The monoisotopic (exact) mass is 433 g/mol. The highest BCUT2D eigenvalue weighted by molar-refractivity contribution is 6.34. The molecule has 0 aliphatic rings. The van der Waals surface area contributed by atoms with Crippen LogP contribution in [0.2, 0.25) is 5.02 Å². The lowest BCUT2D eigenvalue weighted by atomic mass is 10.1. The van der Waals surface area contributed by atoms with Gasteiger partial charge >= 0.3 is 0 Å². The molecule has 11 heteroatoms. The number of benzene rings is 1. The van der Waals surface area contributed by atoms with Gasteiger partial charge in [0.25, 0.3) is 11.9 Å². The van der Waals surface area contributed by atoms with Gasteiger partial charge in [0.15, 0.2) is 5.69 Å². The molecule has 0 radical (unpaired) electrons. The van der Waals surface area contributed by atoms with Crippen LogP contribution in [0.15, 0.2) is 40.1 Å². The fourth-order valence-corrected chi connectivity index (χ4v) is 2.46. The lowest BCUT2D eigenvalue weighted by molar-refractivity contribution is -0.119. The maximum Gasteiger partial charge on any atom is 0.292 e. The Balaban J connectivity index is 2.03. The van der Waals surface area contributed by atoms with Crippen molar-refractivity contribution >= 4 is 46.9 Å². The molecule has 0 fully saturated rings. The summed E-state index contributed by atoms with van der Waals surface area (Å²) in [5.41, 5.74) is 12.6. The van der Waals surface area contributed by atoms with Crippen LogP contribution in [0.1, 0.15) is 16.1 Å². The zero-order valence-corrected chi connectivity index (χ0v) is 17.4. The molecule has 0 atom stereocenters. The number of allylic oxidation sites excluding steroid dienone is 1. The molecule has 6 N–H and O–H groups in total. The van der Waals surface area contributed by atoms with Crippen molar-refractivity contribution in [2.24, 2.45) is 10.7 Å². The number of hydrogen-bond acceptors (Lipinski definition) is 8. The van der Waals surface area contributed by atoms with Gasteiger partial charge in [-0.05, 0) is 31.8 Å². The first-order valence-corrected chi connectivity index (χ1v) is 9.33. The number of nitrogen functional groups attached to an aromatic ring is 1. The number of carbonyl (C=O) groups excluding carboxylic acids is 2. The smallest absolute Gasteiger partial charge is 0.292 e. The average Bonchev–Trinajstić information content (AvgIpc) is 3.13. The van der Waals surface area contributed by atoms with Gasteiger partial charge in [0.2, 0.25) is 5.91 Å². The van der Waals surface area contributed by atoms with Crippen molar-refractivity contribution in [2.45, 2.75) is 0 Å². The summed E-state index contributed by atoms with van der Waals surface area (Å²) in [7, 11) is 3.85. The van der Waals surface area contributed by atoms with Gasteiger partial charge in [0, 0.05) is 31.1 Å². The van der Waals surface area contributed by atoms with Gasteiger partial charge in [-0.3, -0.25) is 14.6 Å². The molecule has 0 aliphatic heterocycles. The van der Waals surface area contributed by atoms with Crippen LogP contribution in [0.25, 0.3) is 5.57 Å². The summed E-state index contributed by atoms with van der Waals surface area (Å²) in [6, 6.07) is 4.84. The lowest BCUT2D eigenvalue weighted by Gasteiger charge is -2.10. The minimum atomic E-state index is -0.532. The Morgan fingerprint density at radius 1 is 1.37 bits per heavy atom. The number of carbonyl (C=O) groups is 2. The van der Waals surface area contributed by atoms with Crippen LogP contribution in [-0.4, -0.2) is 61.6 Å². The van der Waals surface area contributed by atoms with E-state index in [-0.39, 0.29) is 24.2 Å². The zero-order valence-electron chi connectivity index (χ0n) is 16.7. The summed E-state index contributed by atoms with van der Waals surface area (Å²) < 4.78 is 4.83. The largest absolute Gasteiger partial charge is 0.431 e. The predicted octanol–water partition coefficient (Wildman–Crippen LogP) is 1.21. The van der Waals surface area contributed by atoms with Crippen LogP contribution in [-0.2, 0) is 4.79 Å². The molecule has 30 heavy (non-hydrogen) atoms. The van der Waals surface area contributed by atoms with Crippen molar-refractivity contribution < 1.29 is 14.0 Å². The van der Waals surface area contributed by atoms with E-state index in [0.29, 0.717) is 28.4 Å². The molecule has 10 nitrogen and oxygen atoms in total. The van der Waals surface area contributed by atoms with E-state index >= 15 is 0 Å². The summed E-state index contributed by atoms with van der Waals surface area (Å²) >= 11 is 6.17. The maximum absolute atomic E-state index is 12.2. The fraction of sp³-hybridized carbons (Fsp3) is 0.263. The molecule has 2 amide bonds. The maximum atomic E-state index is 12.2. The van der Waals surface area contributed by atoms with Crippen LogP contribution in [0.4, 0.5) is 11.7 Å². The molecule has 1 aromatic carbocycles. The van der Waals surface area contributed by atoms with Crippen LogP contribution in [0.5, 0.6) is 0 Å². The number of nitrogens with one attached hydrogen (secondary N) is 2. The molecule has 1 heterocycles. The van der Waals surface area contributed by atoms with Crippen molar-refractivity contribution in [1.82, 2.24) is 15.2 Å². The Morgan fingerprint density at radius 2 is 2.13 bits per heavy atom. The molecular weight excluding hydrogens is 410 g/mol. The number of rotatable bonds is 9. The number of amides is 2. The number of halogens is 1. The van der Waals surface area contributed by atoms with E-state index in [1.54, 1.807) is 18.2 Å². The normalized spacial score (nSPS) is 11.8. The third-order valence-corrected chi connectivity index (χ3v) is 4.16. The molecule has 0 saturated heterocycles. The van der Waals surface area contributed by atoms with Crippen LogP contribution in [0, 0.1) is 0 Å². The number of nitrogens with two attached hydrogens (primary N) is 2. The summed E-state index contributed by atoms with van der Waals surface area (Å²) in [4.78, 5) is 33.9. The third kappa shape index (κ3) is 6.90. The lowest BCUT2D eigenvalue weighted by Crippen LogP contribution is -2.32. The predicted molar refractivity (Wildman–Crippen MR) is 117 cm³/mol. The van der Waals surface area contributed by atoms with E-state index in [2.05, 4.69) is 20.6 Å². The van der Waals surface area contributed by atoms with Crippen LogP contribution >= 0.6 is 11.6 Å². The molecule has 2 rings (SSSR count). The standard InChI is InChI=1S/C19H24ClN7O3/c1-27(2)6-5-24-17(28)10-23-9-13(8-21)12-3-4-14(20)15(7-12)25-18(29)16-11-30-19(22)26-16/h3-4,7-9,11H,5-6,10,21H2,1-2H3,(H2,22,26)(H,24,28)(H,25,29). The molecule has 2 aromatic rings. The van der Waals surface area contributed by atoms with E-state index in [1.165, 1.54) is 12.4 Å². The van der Waals surface area contributed by atoms with E-state index in [0.717, 1.165) is 12.8 Å². The second kappa shape index (κ2) is 11.0. The number of aromatic nitrogens is 1. The minimum absolute atomic E-state index is 0.0189. The molecule has 1 aromatic heterocycles. The van der Waals surface area contributed by atoms with Gasteiger partial charge in [0.1, 0.15) is 12.8 Å². The first kappa shape index (κ1) is 22.9. The van der Waals surface area contributed by atoms with Crippen molar-refractivity contribution in [1.29, 1.82) is 0 Å². The minimum Gasteiger partial charge on any atom is -0.431 e. The number of anilines is 2. The molecule has 0 unspecified atom stereocenters. The molecule has 0 spiro atoms. The third-order valence-electron chi connectivity index (χ3n) is 3.83. The van der Waals surface area contributed by atoms with Gasteiger partial charge in [-0.25, -0.2) is 0 Å². The highest BCUT2D eigenvalue weighted by Gasteiger charge is 2.14. The first-order valence-electron chi connectivity index (χ1n) is 8.95. The van der Waals surface area contributed by atoms with Gasteiger partial charge in [-0.2, -0.15) is 4.98 Å². The summed E-state index contributed by atoms with van der Waals surface area (Å²) in [5.74, 6) is -0.726. The van der Waals surface area contributed by atoms with Gasteiger partial charge in [-0.1, -0.05) is 17.7 Å². The molecule has 160 valence electrons. The SMILES string of the molecule is CN(C)CCNC(=O)CN=CC(=CN)c1ccc(Cl)c(NC(=O)c2coc(N)n2)c1.